The zero-order valence-electron chi connectivity index (χ0n) is 11.3. The Bertz CT molecular complexity index is 580. The van der Waals surface area contributed by atoms with Crippen LogP contribution in [0.3, 0.4) is 0 Å². The van der Waals surface area contributed by atoms with Crippen molar-refractivity contribution in [3.8, 4) is 0 Å². The Balaban J connectivity index is 1.76. The van der Waals surface area contributed by atoms with Crippen LogP contribution in [0.25, 0.3) is 10.8 Å². The quantitative estimate of drug-likeness (QED) is 0.784. The standard InChI is InChI=1S/C18H20O/c19-18-11-4-2-7-16(18)13-12-15-9-5-8-14-6-1-3-10-17(14)15/h1,3,5-6,8-10,16H,2,4,7,11-13H2. The van der Waals surface area contributed by atoms with Crippen LogP contribution < -0.4 is 0 Å². The molecule has 98 valence electrons. The van der Waals surface area contributed by atoms with Crippen molar-refractivity contribution in [3.63, 3.8) is 0 Å². The summed E-state index contributed by atoms with van der Waals surface area (Å²) in [5, 5.41) is 2.64. The molecule has 0 spiro atoms. The summed E-state index contributed by atoms with van der Waals surface area (Å²) in [6.07, 6.45) is 6.28. The molecule has 0 saturated heterocycles. The minimum absolute atomic E-state index is 0.313. The summed E-state index contributed by atoms with van der Waals surface area (Å²) in [5.74, 6) is 0.805. The molecule has 0 aliphatic heterocycles. The Hall–Kier alpha value is -1.63. The van der Waals surface area contributed by atoms with Gasteiger partial charge in [-0.05, 0) is 42.0 Å². The van der Waals surface area contributed by atoms with Gasteiger partial charge in [0.1, 0.15) is 5.78 Å². The zero-order valence-corrected chi connectivity index (χ0v) is 11.3. The van der Waals surface area contributed by atoms with Gasteiger partial charge in [0, 0.05) is 12.3 Å². The highest BCUT2D eigenvalue weighted by molar-refractivity contribution is 5.86. The Morgan fingerprint density at radius 3 is 2.74 bits per heavy atom. The van der Waals surface area contributed by atoms with E-state index in [0.717, 1.165) is 32.1 Å². The largest absolute Gasteiger partial charge is 0.299 e. The van der Waals surface area contributed by atoms with E-state index in [1.807, 2.05) is 0 Å². The Morgan fingerprint density at radius 2 is 1.84 bits per heavy atom. The predicted octanol–water partition coefficient (Wildman–Crippen LogP) is 4.53. The molecule has 0 bridgehead atoms. The highest BCUT2D eigenvalue weighted by Gasteiger charge is 2.21. The molecule has 3 rings (SSSR count). The normalized spacial score (nSPS) is 19.8. The number of benzene rings is 2. The third kappa shape index (κ3) is 2.70. The molecule has 1 unspecified atom stereocenters. The lowest BCUT2D eigenvalue weighted by atomic mass is 9.83. The third-order valence-corrected chi connectivity index (χ3v) is 4.32. The van der Waals surface area contributed by atoms with Gasteiger partial charge in [-0.2, -0.15) is 0 Å². The molecule has 0 aromatic heterocycles. The van der Waals surface area contributed by atoms with Crippen LogP contribution in [0.5, 0.6) is 0 Å². The molecule has 0 heterocycles. The van der Waals surface area contributed by atoms with Crippen molar-refractivity contribution in [2.75, 3.05) is 0 Å². The van der Waals surface area contributed by atoms with Crippen LogP contribution in [0.1, 0.15) is 37.7 Å². The lowest BCUT2D eigenvalue weighted by Crippen LogP contribution is -2.19. The lowest BCUT2D eigenvalue weighted by molar-refractivity contribution is -0.124. The van der Waals surface area contributed by atoms with Crippen LogP contribution in [0.15, 0.2) is 42.5 Å². The fourth-order valence-electron chi connectivity index (χ4n) is 3.20. The molecule has 19 heavy (non-hydrogen) atoms. The van der Waals surface area contributed by atoms with Gasteiger partial charge in [-0.25, -0.2) is 0 Å². The number of aryl methyl sites for hydroxylation is 1. The molecule has 1 aliphatic rings. The zero-order chi connectivity index (χ0) is 13.1. The fourth-order valence-corrected chi connectivity index (χ4v) is 3.20. The van der Waals surface area contributed by atoms with E-state index < -0.39 is 0 Å². The summed E-state index contributed by atoms with van der Waals surface area (Å²) in [6, 6.07) is 15.0. The first-order chi connectivity index (χ1) is 9.34. The van der Waals surface area contributed by atoms with Crippen molar-refractivity contribution in [1.82, 2.24) is 0 Å². The smallest absolute Gasteiger partial charge is 0.135 e. The Labute approximate surface area is 114 Å². The van der Waals surface area contributed by atoms with Crippen molar-refractivity contribution in [2.45, 2.75) is 38.5 Å². The molecule has 1 nitrogen and oxygen atoms in total. The molecule has 1 heteroatoms. The highest BCUT2D eigenvalue weighted by atomic mass is 16.1. The Morgan fingerprint density at radius 1 is 1.00 bits per heavy atom. The van der Waals surface area contributed by atoms with Crippen LogP contribution in [0.4, 0.5) is 0 Å². The topological polar surface area (TPSA) is 17.1 Å². The number of hydrogen-bond acceptors (Lipinski definition) is 1. The Kier molecular flexibility index (Phi) is 3.63. The first kappa shape index (κ1) is 12.4. The average molecular weight is 252 g/mol. The number of fused-ring (bicyclic) bond motifs is 1. The first-order valence-electron chi connectivity index (χ1n) is 7.34. The van der Waals surface area contributed by atoms with E-state index in [1.165, 1.54) is 22.8 Å². The second-order valence-electron chi connectivity index (χ2n) is 5.59. The maximum Gasteiger partial charge on any atom is 0.135 e. The van der Waals surface area contributed by atoms with E-state index in [9.17, 15) is 4.79 Å². The van der Waals surface area contributed by atoms with E-state index in [0.29, 0.717) is 11.7 Å². The molecule has 0 N–H and O–H groups in total. The molecular weight excluding hydrogens is 232 g/mol. The molecule has 2 aromatic rings. The van der Waals surface area contributed by atoms with Gasteiger partial charge in [0.05, 0.1) is 0 Å². The first-order valence-corrected chi connectivity index (χ1v) is 7.34. The second-order valence-corrected chi connectivity index (χ2v) is 5.59. The maximum atomic E-state index is 11.9. The number of carbonyl (C=O) groups is 1. The molecule has 2 aromatic carbocycles. The van der Waals surface area contributed by atoms with Crippen LogP contribution in [0.2, 0.25) is 0 Å². The van der Waals surface area contributed by atoms with E-state index >= 15 is 0 Å². The average Bonchev–Trinajstić information content (AvgIpc) is 2.46. The molecule has 1 aliphatic carbocycles. The maximum absolute atomic E-state index is 11.9. The number of Topliss-reactive ketones (excluding diaryl/α,β-unsaturated/α-hetero) is 1. The van der Waals surface area contributed by atoms with E-state index in [1.54, 1.807) is 0 Å². The van der Waals surface area contributed by atoms with Crippen LogP contribution in [-0.2, 0) is 11.2 Å². The van der Waals surface area contributed by atoms with Crippen molar-refractivity contribution < 1.29 is 4.79 Å². The SMILES string of the molecule is O=C1CCCCC1CCc1cccc2ccccc12. The fraction of sp³-hybridized carbons (Fsp3) is 0.389. The number of rotatable bonds is 3. The van der Waals surface area contributed by atoms with Gasteiger partial charge < -0.3 is 0 Å². The summed E-state index contributed by atoms with van der Waals surface area (Å²) in [6.45, 7) is 0. The minimum atomic E-state index is 0.313. The van der Waals surface area contributed by atoms with Gasteiger partial charge >= 0.3 is 0 Å². The molecule has 0 amide bonds. The summed E-state index contributed by atoms with van der Waals surface area (Å²) in [5.41, 5.74) is 1.39. The summed E-state index contributed by atoms with van der Waals surface area (Å²) < 4.78 is 0. The van der Waals surface area contributed by atoms with Gasteiger partial charge in [-0.15, -0.1) is 0 Å². The summed E-state index contributed by atoms with van der Waals surface area (Å²) in [4.78, 5) is 11.9. The van der Waals surface area contributed by atoms with Crippen LogP contribution in [0, 0.1) is 5.92 Å². The van der Waals surface area contributed by atoms with Gasteiger partial charge in [0.25, 0.3) is 0 Å². The van der Waals surface area contributed by atoms with E-state index in [4.69, 9.17) is 0 Å². The number of carbonyl (C=O) groups excluding carboxylic acids is 1. The monoisotopic (exact) mass is 252 g/mol. The summed E-state index contributed by atoms with van der Waals surface area (Å²) in [7, 11) is 0. The second kappa shape index (κ2) is 5.56. The summed E-state index contributed by atoms with van der Waals surface area (Å²) >= 11 is 0. The van der Waals surface area contributed by atoms with Crippen molar-refractivity contribution in [3.05, 3.63) is 48.0 Å². The third-order valence-electron chi connectivity index (χ3n) is 4.32. The molecule has 0 radical (unpaired) electrons. The van der Waals surface area contributed by atoms with E-state index in [2.05, 4.69) is 42.5 Å². The molecule has 1 fully saturated rings. The minimum Gasteiger partial charge on any atom is -0.299 e. The highest BCUT2D eigenvalue weighted by Crippen LogP contribution is 2.27. The number of ketones is 1. The van der Waals surface area contributed by atoms with Gasteiger partial charge in [0.15, 0.2) is 0 Å². The van der Waals surface area contributed by atoms with E-state index in [-0.39, 0.29) is 0 Å². The molecular formula is C18H20O. The van der Waals surface area contributed by atoms with Gasteiger partial charge in [0.2, 0.25) is 0 Å². The molecule has 1 atom stereocenters. The van der Waals surface area contributed by atoms with Crippen LogP contribution in [-0.4, -0.2) is 5.78 Å². The number of hydrogen-bond donors (Lipinski definition) is 0. The predicted molar refractivity (Wildman–Crippen MR) is 79.2 cm³/mol. The van der Waals surface area contributed by atoms with Gasteiger partial charge in [-0.3, -0.25) is 4.79 Å². The molecule has 1 saturated carbocycles. The lowest BCUT2D eigenvalue weighted by Gasteiger charge is -2.20. The van der Waals surface area contributed by atoms with Crippen LogP contribution >= 0.6 is 0 Å². The van der Waals surface area contributed by atoms with Crippen molar-refractivity contribution in [2.24, 2.45) is 5.92 Å². The van der Waals surface area contributed by atoms with Crippen molar-refractivity contribution in [1.29, 1.82) is 0 Å². The van der Waals surface area contributed by atoms with Gasteiger partial charge in [-0.1, -0.05) is 48.9 Å². The van der Waals surface area contributed by atoms with Crippen molar-refractivity contribution >= 4 is 16.6 Å².